The molecule has 0 atom stereocenters. The van der Waals surface area contributed by atoms with Crippen molar-refractivity contribution in [3.63, 3.8) is 0 Å². The lowest BCUT2D eigenvalue weighted by atomic mass is 10.00. The van der Waals surface area contributed by atoms with Crippen LogP contribution >= 0.6 is 0 Å². The van der Waals surface area contributed by atoms with E-state index in [2.05, 4.69) is 17.2 Å². The second kappa shape index (κ2) is 5.45. The standard InChI is InChI=1S/C15H19N3O2/c1-5-6-11-8-12-10(3)13(18(19)20)7-9(2)14(12)17-15(11)16-4/h7-8H,5-6H2,1-4H3,(H,16,17). The molecule has 2 rings (SSSR count). The summed E-state index contributed by atoms with van der Waals surface area (Å²) in [6.07, 6.45) is 1.91. The molecule has 1 aromatic carbocycles. The number of rotatable bonds is 4. The third-order valence-corrected chi connectivity index (χ3v) is 3.57. The zero-order chi connectivity index (χ0) is 14.9. The van der Waals surface area contributed by atoms with Gasteiger partial charge in [-0.1, -0.05) is 13.3 Å². The molecule has 0 saturated heterocycles. The van der Waals surface area contributed by atoms with Crippen LogP contribution in [0.25, 0.3) is 10.9 Å². The van der Waals surface area contributed by atoms with Gasteiger partial charge in [-0.05, 0) is 37.5 Å². The fraction of sp³-hybridized carbons (Fsp3) is 0.400. The van der Waals surface area contributed by atoms with Gasteiger partial charge in [0.2, 0.25) is 0 Å². The Labute approximate surface area is 118 Å². The number of nitro benzene ring substituents is 1. The Hall–Kier alpha value is -2.17. The highest BCUT2D eigenvalue weighted by atomic mass is 16.6. The normalized spacial score (nSPS) is 10.8. The van der Waals surface area contributed by atoms with E-state index in [9.17, 15) is 10.1 Å². The van der Waals surface area contributed by atoms with Crippen molar-refractivity contribution in [2.24, 2.45) is 0 Å². The van der Waals surface area contributed by atoms with Crippen molar-refractivity contribution in [2.75, 3.05) is 12.4 Å². The first-order valence-corrected chi connectivity index (χ1v) is 6.75. The molecule has 1 heterocycles. The first-order chi connectivity index (χ1) is 9.49. The average molecular weight is 273 g/mol. The van der Waals surface area contributed by atoms with E-state index in [4.69, 9.17) is 0 Å². The third kappa shape index (κ3) is 2.31. The minimum absolute atomic E-state index is 0.163. The van der Waals surface area contributed by atoms with Crippen LogP contribution in [-0.4, -0.2) is 17.0 Å². The van der Waals surface area contributed by atoms with Crippen LogP contribution in [0, 0.1) is 24.0 Å². The van der Waals surface area contributed by atoms with Gasteiger partial charge in [-0.2, -0.15) is 0 Å². The molecule has 0 aliphatic heterocycles. The molecular weight excluding hydrogens is 254 g/mol. The second-order valence-corrected chi connectivity index (χ2v) is 4.99. The second-order valence-electron chi connectivity index (χ2n) is 4.99. The Balaban J connectivity index is 2.81. The zero-order valence-corrected chi connectivity index (χ0v) is 12.3. The number of aromatic nitrogens is 1. The number of aryl methyl sites for hydroxylation is 3. The number of benzene rings is 1. The summed E-state index contributed by atoms with van der Waals surface area (Å²) in [6, 6.07) is 3.64. The summed E-state index contributed by atoms with van der Waals surface area (Å²) in [5.74, 6) is 0.857. The first kappa shape index (κ1) is 14.2. The lowest BCUT2D eigenvalue weighted by Gasteiger charge is -2.12. The molecule has 0 radical (unpaired) electrons. The van der Waals surface area contributed by atoms with Gasteiger partial charge in [0.15, 0.2) is 0 Å². The van der Waals surface area contributed by atoms with Crippen LogP contribution < -0.4 is 5.32 Å². The summed E-state index contributed by atoms with van der Waals surface area (Å²) in [5.41, 5.74) is 3.61. The van der Waals surface area contributed by atoms with Gasteiger partial charge in [-0.3, -0.25) is 10.1 Å². The van der Waals surface area contributed by atoms with Crippen LogP contribution in [0.1, 0.15) is 30.0 Å². The Morgan fingerprint density at radius 3 is 2.60 bits per heavy atom. The number of hydrogen-bond acceptors (Lipinski definition) is 4. The molecule has 5 heteroatoms. The number of anilines is 1. The number of fused-ring (bicyclic) bond motifs is 1. The van der Waals surface area contributed by atoms with Crippen molar-refractivity contribution in [2.45, 2.75) is 33.6 Å². The van der Waals surface area contributed by atoms with Crippen molar-refractivity contribution >= 4 is 22.4 Å². The highest BCUT2D eigenvalue weighted by Crippen LogP contribution is 2.32. The quantitative estimate of drug-likeness (QED) is 0.680. The lowest BCUT2D eigenvalue weighted by molar-refractivity contribution is -0.385. The number of nitrogens with zero attached hydrogens (tertiary/aromatic N) is 2. The molecule has 0 fully saturated rings. The zero-order valence-electron chi connectivity index (χ0n) is 12.3. The maximum atomic E-state index is 11.1. The minimum atomic E-state index is -0.326. The summed E-state index contributed by atoms with van der Waals surface area (Å²) < 4.78 is 0. The van der Waals surface area contributed by atoms with Gasteiger partial charge in [0.25, 0.3) is 5.69 Å². The van der Waals surface area contributed by atoms with Crippen LogP contribution in [0.3, 0.4) is 0 Å². The van der Waals surface area contributed by atoms with Crippen LogP contribution in [0.5, 0.6) is 0 Å². The van der Waals surface area contributed by atoms with Crippen molar-refractivity contribution < 1.29 is 4.92 Å². The van der Waals surface area contributed by atoms with Crippen molar-refractivity contribution in [3.05, 3.63) is 38.9 Å². The number of hydrogen-bond donors (Lipinski definition) is 1. The molecule has 5 nitrogen and oxygen atoms in total. The van der Waals surface area contributed by atoms with Crippen LogP contribution in [-0.2, 0) is 6.42 Å². The predicted molar refractivity (Wildman–Crippen MR) is 81.4 cm³/mol. The maximum Gasteiger partial charge on any atom is 0.273 e. The minimum Gasteiger partial charge on any atom is -0.373 e. The summed E-state index contributed by atoms with van der Waals surface area (Å²) in [5, 5.41) is 15.1. The summed E-state index contributed by atoms with van der Waals surface area (Å²) in [4.78, 5) is 15.4. The van der Waals surface area contributed by atoms with Crippen LogP contribution in [0.4, 0.5) is 11.5 Å². The maximum absolute atomic E-state index is 11.1. The van der Waals surface area contributed by atoms with E-state index >= 15 is 0 Å². The highest BCUT2D eigenvalue weighted by molar-refractivity contribution is 5.90. The number of pyridine rings is 1. The molecule has 1 N–H and O–H groups in total. The van der Waals surface area contributed by atoms with E-state index in [1.807, 2.05) is 20.0 Å². The third-order valence-electron chi connectivity index (χ3n) is 3.57. The molecule has 0 unspecified atom stereocenters. The molecule has 20 heavy (non-hydrogen) atoms. The van der Waals surface area contributed by atoms with Crippen molar-refractivity contribution in [1.82, 2.24) is 4.98 Å². The van der Waals surface area contributed by atoms with E-state index in [-0.39, 0.29) is 10.6 Å². The molecule has 0 amide bonds. The summed E-state index contributed by atoms with van der Waals surface area (Å²) in [7, 11) is 1.85. The van der Waals surface area contributed by atoms with E-state index in [1.54, 1.807) is 13.0 Å². The van der Waals surface area contributed by atoms with Crippen LogP contribution in [0.2, 0.25) is 0 Å². The van der Waals surface area contributed by atoms with Gasteiger partial charge in [0, 0.05) is 24.1 Å². The van der Waals surface area contributed by atoms with Gasteiger partial charge >= 0.3 is 0 Å². The Kier molecular flexibility index (Phi) is 3.88. The van der Waals surface area contributed by atoms with Gasteiger partial charge in [0.05, 0.1) is 10.4 Å². The first-order valence-electron chi connectivity index (χ1n) is 6.75. The number of nitrogens with one attached hydrogen (secondary N) is 1. The van der Waals surface area contributed by atoms with Crippen LogP contribution in [0.15, 0.2) is 12.1 Å². The monoisotopic (exact) mass is 273 g/mol. The SMILES string of the molecule is CCCc1cc2c(C)c([N+](=O)[O-])cc(C)c2nc1NC. The topological polar surface area (TPSA) is 68.1 Å². The predicted octanol–water partition coefficient (Wildman–Crippen LogP) is 3.75. The molecule has 0 bridgehead atoms. The van der Waals surface area contributed by atoms with Gasteiger partial charge in [-0.25, -0.2) is 4.98 Å². The fourth-order valence-corrected chi connectivity index (χ4v) is 2.53. The molecule has 0 aliphatic rings. The smallest absolute Gasteiger partial charge is 0.273 e. The van der Waals surface area contributed by atoms with E-state index in [0.29, 0.717) is 5.56 Å². The summed E-state index contributed by atoms with van der Waals surface area (Å²) >= 11 is 0. The van der Waals surface area contributed by atoms with E-state index in [0.717, 1.165) is 40.7 Å². The fourth-order valence-electron chi connectivity index (χ4n) is 2.53. The molecule has 106 valence electrons. The van der Waals surface area contributed by atoms with Crippen molar-refractivity contribution in [3.8, 4) is 0 Å². The molecule has 2 aromatic rings. The van der Waals surface area contributed by atoms with E-state index < -0.39 is 0 Å². The lowest BCUT2D eigenvalue weighted by Crippen LogP contribution is -2.02. The Bertz CT molecular complexity index is 681. The number of nitro groups is 1. The van der Waals surface area contributed by atoms with Gasteiger partial charge in [-0.15, -0.1) is 0 Å². The molecule has 0 aliphatic carbocycles. The highest BCUT2D eigenvalue weighted by Gasteiger charge is 2.17. The molecule has 0 saturated carbocycles. The van der Waals surface area contributed by atoms with Crippen molar-refractivity contribution in [1.29, 1.82) is 0 Å². The molecule has 0 spiro atoms. The van der Waals surface area contributed by atoms with Gasteiger partial charge < -0.3 is 5.32 Å². The Morgan fingerprint density at radius 2 is 2.05 bits per heavy atom. The van der Waals surface area contributed by atoms with E-state index in [1.165, 1.54) is 0 Å². The average Bonchev–Trinajstić information content (AvgIpc) is 2.42. The molecular formula is C15H19N3O2. The van der Waals surface area contributed by atoms with Gasteiger partial charge in [0.1, 0.15) is 5.82 Å². The largest absolute Gasteiger partial charge is 0.373 e. The Morgan fingerprint density at radius 1 is 1.35 bits per heavy atom. The molecule has 1 aromatic heterocycles. The summed E-state index contributed by atoms with van der Waals surface area (Å²) in [6.45, 7) is 5.76.